The maximum atomic E-state index is 10.2. The zero-order valence-electron chi connectivity index (χ0n) is 18.0. The summed E-state index contributed by atoms with van der Waals surface area (Å²) in [5, 5.41) is 20.1. The van der Waals surface area contributed by atoms with Crippen LogP contribution in [0, 0.1) is 0 Å². The molecule has 6 heteroatoms. The molecule has 0 amide bonds. The maximum Gasteiger partial charge on any atom is 0.0724 e. The van der Waals surface area contributed by atoms with Gasteiger partial charge in [0.2, 0.25) is 0 Å². The van der Waals surface area contributed by atoms with Crippen molar-refractivity contribution in [2.45, 2.75) is 32.7 Å². The van der Waals surface area contributed by atoms with Gasteiger partial charge in [-0.25, -0.2) is 0 Å². The molecule has 3 aromatic rings. The van der Waals surface area contributed by atoms with E-state index in [0.29, 0.717) is 0 Å². The molecule has 2 nitrogen and oxygen atoms in total. The average Bonchev–Trinajstić information content (AvgIpc) is 2.84. The molecule has 0 aliphatic rings. The summed E-state index contributed by atoms with van der Waals surface area (Å²) < 4.78 is 0. The minimum Gasteiger partial charge on any atom is -0.395 e. The van der Waals surface area contributed by atoms with Gasteiger partial charge in [0, 0.05) is 43.8 Å². The first kappa shape index (κ1) is 25.6. The zero-order chi connectivity index (χ0) is 22.4. The van der Waals surface area contributed by atoms with Crippen molar-refractivity contribution in [3.63, 3.8) is 0 Å². The number of thioether (sulfide) groups is 4. The fourth-order valence-corrected chi connectivity index (χ4v) is 7.11. The lowest BCUT2D eigenvalue weighted by molar-refractivity contribution is 0.225. The van der Waals surface area contributed by atoms with Crippen LogP contribution in [0.25, 0.3) is 0 Å². The molecule has 0 fully saturated rings. The normalized spacial score (nSPS) is 13.1. The van der Waals surface area contributed by atoms with Crippen LogP contribution >= 0.6 is 47.0 Å². The van der Waals surface area contributed by atoms with Crippen LogP contribution in [0.15, 0.2) is 94.7 Å². The van der Waals surface area contributed by atoms with E-state index in [2.05, 4.69) is 48.5 Å². The van der Waals surface area contributed by atoms with Gasteiger partial charge in [0.1, 0.15) is 0 Å². The maximum absolute atomic E-state index is 10.2. The zero-order valence-corrected chi connectivity index (χ0v) is 21.3. The van der Waals surface area contributed by atoms with Crippen LogP contribution in [0.1, 0.15) is 11.1 Å². The Morgan fingerprint density at radius 2 is 1.16 bits per heavy atom. The molecule has 3 aromatic carbocycles. The summed E-state index contributed by atoms with van der Waals surface area (Å²) in [5.41, 5.74) is 2.60. The van der Waals surface area contributed by atoms with Gasteiger partial charge in [-0.2, -0.15) is 23.5 Å². The predicted octanol–water partition coefficient (Wildman–Crippen LogP) is 6.46. The van der Waals surface area contributed by atoms with Crippen molar-refractivity contribution in [3.8, 4) is 0 Å². The molecule has 0 saturated heterocycles. The summed E-state index contributed by atoms with van der Waals surface area (Å²) in [6.07, 6.45) is -0.297. The van der Waals surface area contributed by atoms with Crippen LogP contribution in [0.4, 0.5) is 0 Å². The molecule has 0 aromatic heterocycles. The summed E-state index contributed by atoms with van der Waals surface area (Å²) in [7, 11) is 0. The lowest BCUT2D eigenvalue weighted by Gasteiger charge is -2.13. The van der Waals surface area contributed by atoms with E-state index in [0.717, 1.165) is 28.8 Å². The second-order valence-electron chi connectivity index (χ2n) is 7.36. The highest BCUT2D eigenvalue weighted by Gasteiger charge is 2.10. The van der Waals surface area contributed by atoms with Gasteiger partial charge < -0.3 is 10.2 Å². The van der Waals surface area contributed by atoms with Crippen LogP contribution in [0.3, 0.4) is 0 Å². The van der Waals surface area contributed by atoms with Gasteiger partial charge >= 0.3 is 0 Å². The average molecular weight is 503 g/mol. The third kappa shape index (κ3) is 9.86. The highest BCUT2D eigenvalue weighted by molar-refractivity contribution is 8.03. The topological polar surface area (TPSA) is 40.5 Å². The summed E-state index contributed by atoms with van der Waals surface area (Å²) in [6, 6.07) is 29.3. The van der Waals surface area contributed by atoms with E-state index in [1.807, 2.05) is 48.2 Å². The Morgan fingerprint density at radius 3 is 1.72 bits per heavy atom. The Morgan fingerprint density at radius 1 is 0.625 bits per heavy atom. The molecule has 0 saturated carbocycles. The van der Waals surface area contributed by atoms with Crippen LogP contribution < -0.4 is 0 Å². The van der Waals surface area contributed by atoms with Crippen LogP contribution in [0.5, 0.6) is 0 Å². The monoisotopic (exact) mass is 502 g/mol. The lowest BCUT2D eigenvalue weighted by atomic mass is 10.2. The standard InChI is InChI=1S/C26H30O2S4/c27-15-26(32-25-9-5-2-6-10-25)20-30-17-22-13-11-21(12-14-22)16-29-18-23(28)19-31-24-7-3-1-4-8-24/h1-14,23,26-28H,15-20H2. The predicted molar refractivity (Wildman–Crippen MR) is 145 cm³/mol. The Bertz CT molecular complexity index is 875. The Labute approximate surface area is 209 Å². The molecular formula is C26H30O2S4. The number of hydrogen-bond acceptors (Lipinski definition) is 6. The van der Waals surface area contributed by atoms with Crippen LogP contribution in [0.2, 0.25) is 0 Å². The fraction of sp³-hybridized carbons (Fsp3) is 0.308. The van der Waals surface area contributed by atoms with Gasteiger partial charge in [0.25, 0.3) is 0 Å². The van der Waals surface area contributed by atoms with Crippen LogP contribution in [-0.2, 0) is 11.5 Å². The van der Waals surface area contributed by atoms with Crippen molar-refractivity contribution >= 4 is 47.0 Å². The van der Waals surface area contributed by atoms with Crippen LogP contribution in [-0.4, -0.2) is 45.4 Å². The van der Waals surface area contributed by atoms with E-state index < -0.39 is 0 Å². The number of benzene rings is 3. The van der Waals surface area contributed by atoms with Gasteiger partial charge in [-0.05, 0) is 35.4 Å². The summed E-state index contributed by atoms with van der Waals surface area (Å²) >= 11 is 7.10. The SMILES string of the molecule is OCC(CSCc1ccc(CSCC(O)CSc2ccccc2)cc1)Sc1ccccc1. The van der Waals surface area contributed by atoms with Gasteiger partial charge in [-0.1, -0.05) is 60.7 Å². The molecule has 0 bridgehead atoms. The van der Waals surface area contributed by atoms with E-state index >= 15 is 0 Å². The van der Waals surface area contributed by atoms with Gasteiger partial charge in [0.05, 0.1) is 12.7 Å². The molecule has 2 N–H and O–H groups in total. The van der Waals surface area contributed by atoms with Gasteiger partial charge in [0.15, 0.2) is 0 Å². The molecule has 170 valence electrons. The summed E-state index contributed by atoms with van der Waals surface area (Å²) in [4.78, 5) is 2.41. The molecular weight excluding hydrogens is 473 g/mol. The lowest BCUT2D eigenvalue weighted by Crippen LogP contribution is -2.13. The highest BCUT2D eigenvalue weighted by atomic mass is 32.2. The minimum atomic E-state index is -0.297. The molecule has 3 rings (SSSR count). The smallest absolute Gasteiger partial charge is 0.0724 e. The second kappa shape index (κ2) is 15.0. The quantitative estimate of drug-likeness (QED) is 0.247. The van der Waals surface area contributed by atoms with Crippen molar-refractivity contribution in [2.24, 2.45) is 0 Å². The number of aliphatic hydroxyl groups is 2. The Balaban J connectivity index is 1.31. The molecule has 0 heterocycles. The van der Waals surface area contributed by atoms with Crippen molar-refractivity contribution in [2.75, 3.05) is 23.9 Å². The van der Waals surface area contributed by atoms with E-state index in [4.69, 9.17) is 0 Å². The first-order valence-electron chi connectivity index (χ1n) is 10.6. The number of aliphatic hydroxyl groups excluding tert-OH is 2. The molecule has 0 spiro atoms. The van der Waals surface area contributed by atoms with E-state index in [9.17, 15) is 10.2 Å². The third-order valence-corrected chi connectivity index (χ3v) is 9.50. The largest absolute Gasteiger partial charge is 0.395 e. The Hall–Kier alpha value is -1.02. The molecule has 0 aliphatic carbocycles. The van der Waals surface area contributed by atoms with E-state index in [1.165, 1.54) is 20.9 Å². The van der Waals surface area contributed by atoms with Crippen molar-refractivity contribution < 1.29 is 10.2 Å². The second-order valence-corrected chi connectivity index (χ2v) is 11.9. The third-order valence-electron chi connectivity index (χ3n) is 4.61. The van der Waals surface area contributed by atoms with E-state index in [-0.39, 0.29) is 18.0 Å². The highest BCUT2D eigenvalue weighted by Crippen LogP contribution is 2.27. The van der Waals surface area contributed by atoms with Gasteiger partial charge in [-0.3, -0.25) is 0 Å². The first-order chi connectivity index (χ1) is 15.7. The first-order valence-corrected chi connectivity index (χ1v) is 14.8. The summed E-state index contributed by atoms with van der Waals surface area (Å²) in [6.45, 7) is 0.193. The number of hydrogen-bond donors (Lipinski definition) is 2. The Kier molecular flexibility index (Phi) is 12.0. The van der Waals surface area contributed by atoms with Gasteiger partial charge in [-0.15, -0.1) is 23.5 Å². The molecule has 0 radical (unpaired) electrons. The molecule has 0 aliphatic heterocycles. The molecule has 2 unspecified atom stereocenters. The number of rotatable bonds is 14. The van der Waals surface area contributed by atoms with Crippen molar-refractivity contribution in [3.05, 3.63) is 96.1 Å². The van der Waals surface area contributed by atoms with Crippen molar-refractivity contribution in [1.29, 1.82) is 0 Å². The minimum absolute atomic E-state index is 0.193. The molecule has 32 heavy (non-hydrogen) atoms. The van der Waals surface area contributed by atoms with E-state index in [1.54, 1.807) is 35.3 Å². The van der Waals surface area contributed by atoms with Crippen molar-refractivity contribution in [1.82, 2.24) is 0 Å². The molecule has 2 atom stereocenters. The fourth-order valence-electron chi connectivity index (χ4n) is 2.93. The summed E-state index contributed by atoms with van der Waals surface area (Å²) in [5.74, 6) is 4.27.